The van der Waals surface area contributed by atoms with Crippen LogP contribution in [0.5, 0.6) is 5.88 Å². The quantitative estimate of drug-likeness (QED) is 0.581. The van der Waals surface area contributed by atoms with Gasteiger partial charge in [0.05, 0.1) is 11.6 Å². The predicted octanol–water partition coefficient (Wildman–Crippen LogP) is 2.00. The number of aryl methyl sites for hydroxylation is 1. The molecule has 0 saturated carbocycles. The Morgan fingerprint density at radius 1 is 1.35 bits per heavy atom. The van der Waals surface area contributed by atoms with Gasteiger partial charge in [-0.25, -0.2) is 4.98 Å². The number of aromatic nitrogens is 2. The number of pyridine rings is 1. The summed E-state index contributed by atoms with van der Waals surface area (Å²) >= 11 is 0. The minimum absolute atomic E-state index is 0.140. The molecule has 0 bridgehead atoms. The molecule has 0 spiro atoms. The molecule has 3 heterocycles. The van der Waals surface area contributed by atoms with E-state index in [0.717, 1.165) is 22.1 Å². The van der Waals surface area contributed by atoms with Crippen molar-refractivity contribution in [2.45, 2.75) is 30.8 Å². The SMILES string of the molecule is Cn1cc2cc(-c3ccc(C[C@@H](C#N)NC(=O)C4(N)CCOCC4)cc3)cnc2c1O. The summed E-state index contributed by atoms with van der Waals surface area (Å²) < 4.78 is 6.91. The zero-order valence-corrected chi connectivity index (χ0v) is 17.3. The number of ether oxygens (including phenoxy) is 1. The second-order valence-corrected chi connectivity index (χ2v) is 8.05. The second kappa shape index (κ2) is 8.38. The van der Waals surface area contributed by atoms with Crippen molar-refractivity contribution in [2.75, 3.05) is 13.2 Å². The van der Waals surface area contributed by atoms with Crippen LogP contribution in [0.25, 0.3) is 22.0 Å². The van der Waals surface area contributed by atoms with E-state index >= 15 is 0 Å². The largest absolute Gasteiger partial charge is 0.493 e. The lowest BCUT2D eigenvalue weighted by atomic mass is 9.90. The van der Waals surface area contributed by atoms with E-state index in [1.807, 2.05) is 36.5 Å². The summed E-state index contributed by atoms with van der Waals surface area (Å²) in [7, 11) is 1.77. The smallest absolute Gasteiger partial charge is 0.241 e. The van der Waals surface area contributed by atoms with E-state index in [4.69, 9.17) is 10.5 Å². The third-order valence-electron chi connectivity index (χ3n) is 5.82. The molecule has 0 aliphatic carbocycles. The van der Waals surface area contributed by atoms with Crippen LogP contribution in [0.2, 0.25) is 0 Å². The summed E-state index contributed by atoms with van der Waals surface area (Å²) in [6.45, 7) is 0.900. The molecule has 1 amide bonds. The van der Waals surface area contributed by atoms with Gasteiger partial charge >= 0.3 is 0 Å². The van der Waals surface area contributed by atoms with Crippen molar-refractivity contribution in [1.82, 2.24) is 14.9 Å². The summed E-state index contributed by atoms with van der Waals surface area (Å²) in [5, 5.41) is 23.2. The Kier molecular flexibility index (Phi) is 5.63. The number of nitrogens with two attached hydrogens (primary N) is 1. The summed E-state index contributed by atoms with van der Waals surface area (Å²) in [5.41, 5.74) is 8.63. The monoisotopic (exact) mass is 419 g/mol. The molecule has 1 aromatic carbocycles. The molecule has 8 nitrogen and oxygen atoms in total. The number of rotatable bonds is 5. The first kappa shape index (κ1) is 20.8. The van der Waals surface area contributed by atoms with Crippen LogP contribution in [0.15, 0.2) is 42.7 Å². The highest BCUT2D eigenvalue weighted by Gasteiger charge is 2.36. The maximum absolute atomic E-state index is 12.6. The van der Waals surface area contributed by atoms with Gasteiger partial charge in [-0.2, -0.15) is 5.26 Å². The van der Waals surface area contributed by atoms with Gasteiger partial charge in [-0.15, -0.1) is 0 Å². The average molecular weight is 419 g/mol. The Balaban J connectivity index is 1.45. The first-order valence-electron chi connectivity index (χ1n) is 10.2. The number of amides is 1. The first-order chi connectivity index (χ1) is 14.9. The van der Waals surface area contributed by atoms with E-state index in [9.17, 15) is 15.2 Å². The second-order valence-electron chi connectivity index (χ2n) is 8.05. The molecular formula is C23H25N5O3. The van der Waals surface area contributed by atoms with E-state index < -0.39 is 11.6 Å². The zero-order chi connectivity index (χ0) is 22.0. The van der Waals surface area contributed by atoms with Gasteiger partial charge in [0, 0.05) is 50.0 Å². The zero-order valence-electron chi connectivity index (χ0n) is 17.3. The number of benzene rings is 1. The van der Waals surface area contributed by atoms with Gasteiger partial charge in [-0.3, -0.25) is 4.79 Å². The number of nitrogens with zero attached hydrogens (tertiary/aromatic N) is 3. The predicted molar refractivity (Wildman–Crippen MR) is 116 cm³/mol. The Morgan fingerprint density at radius 3 is 2.74 bits per heavy atom. The van der Waals surface area contributed by atoms with Gasteiger partial charge in [0.2, 0.25) is 11.8 Å². The van der Waals surface area contributed by atoms with Crippen molar-refractivity contribution < 1.29 is 14.6 Å². The molecule has 8 heteroatoms. The van der Waals surface area contributed by atoms with Crippen LogP contribution < -0.4 is 11.1 Å². The van der Waals surface area contributed by atoms with Crippen LogP contribution in [0.1, 0.15) is 18.4 Å². The molecule has 1 saturated heterocycles. The number of aromatic hydroxyl groups is 1. The third-order valence-corrected chi connectivity index (χ3v) is 5.82. The molecule has 3 aromatic rings. The standard InChI is InChI=1S/C23H25N5O3/c1-28-14-18-11-17(13-26-20(18)21(28)29)16-4-2-15(3-5-16)10-19(12-24)27-22(30)23(25)6-8-31-9-7-23/h2-5,11,13-14,19,29H,6-10,25H2,1H3,(H,27,30)/t19-/m0/s1. The summed E-state index contributed by atoms with van der Waals surface area (Å²) in [6, 6.07) is 11.3. The van der Waals surface area contributed by atoms with E-state index in [2.05, 4.69) is 16.4 Å². The lowest BCUT2D eigenvalue weighted by Crippen LogP contribution is -2.58. The maximum Gasteiger partial charge on any atom is 0.241 e. The van der Waals surface area contributed by atoms with Crippen LogP contribution in [0, 0.1) is 11.3 Å². The van der Waals surface area contributed by atoms with E-state index in [0.29, 0.717) is 38.0 Å². The molecule has 4 N–H and O–H groups in total. The number of carbonyl (C=O) groups is 1. The van der Waals surface area contributed by atoms with E-state index in [1.165, 1.54) is 0 Å². The Morgan fingerprint density at radius 2 is 2.06 bits per heavy atom. The number of fused-ring (bicyclic) bond motifs is 1. The van der Waals surface area contributed by atoms with Gasteiger partial charge in [0.15, 0.2) is 0 Å². The van der Waals surface area contributed by atoms with Gasteiger partial charge in [0.1, 0.15) is 11.6 Å². The molecular weight excluding hydrogens is 394 g/mol. The number of nitrogens with one attached hydrogen (secondary N) is 1. The Hall–Kier alpha value is -3.41. The highest BCUT2D eigenvalue weighted by Crippen LogP contribution is 2.28. The maximum atomic E-state index is 12.6. The molecule has 160 valence electrons. The van der Waals surface area contributed by atoms with Crippen LogP contribution in [-0.2, 0) is 23.0 Å². The molecule has 1 atom stereocenters. The molecule has 4 rings (SSSR count). The van der Waals surface area contributed by atoms with Crippen molar-refractivity contribution in [3.63, 3.8) is 0 Å². The van der Waals surface area contributed by atoms with Crippen LogP contribution in [0.4, 0.5) is 0 Å². The highest BCUT2D eigenvalue weighted by atomic mass is 16.5. The van der Waals surface area contributed by atoms with Crippen molar-refractivity contribution in [3.05, 3.63) is 48.3 Å². The molecule has 1 aliphatic rings. The highest BCUT2D eigenvalue weighted by molar-refractivity contribution is 5.88. The Bertz CT molecular complexity index is 1140. The first-order valence-corrected chi connectivity index (χ1v) is 10.2. The molecule has 0 radical (unpaired) electrons. The lowest BCUT2D eigenvalue weighted by molar-refractivity contribution is -0.130. The third kappa shape index (κ3) is 4.24. The molecule has 0 unspecified atom stereocenters. The molecule has 31 heavy (non-hydrogen) atoms. The van der Waals surface area contributed by atoms with Crippen molar-refractivity contribution in [3.8, 4) is 23.1 Å². The minimum atomic E-state index is -0.977. The van der Waals surface area contributed by atoms with Crippen molar-refractivity contribution in [1.29, 1.82) is 5.26 Å². The van der Waals surface area contributed by atoms with Gasteiger partial charge in [-0.05, 0) is 30.0 Å². The van der Waals surface area contributed by atoms with Crippen LogP contribution >= 0.6 is 0 Å². The summed E-state index contributed by atoms with van der Waals surface area (Å²) in [6.07, 6.45) is 4.84. The molecule has 1 aliphatic heterocycles. The fourth-order valence-electron chi connectivity index (χ4n) is 3.82. The number of nitriles is 1. The summed E-state index contributed by atoms with van der Waals surface area (Å²) in [4.78, 5) is 16.9. The normalized spacial score (nSPS) is 16.5. The number of carbonyl (C=O) groups excluding carboxylic acids is 1. The number of hydrogen-bond donors (Lipinski definition) is 3. The molecule has 2 aromatic heterocycles. The lowest BCUT2D eigenvalue weighted by Gasteiger charge is -2.32. The fraction of sp³-hybridized carbons (Fsp3) is 0.348. The van der Waals surface area contributed by atoms with Gasteiger partial charge in [0.25, 0.3) is 0 Å². The van der Waals surface area contributed by atoms with E-state index in [-0.39, 0.29) is 11.8 Å². The van der Waals surface area contributed by atoms with Crippen molar-refractivity contribution >= 4 is 16.8 Å². The van der Waals surface area contributed by atoms with E-state index in [1.54, 1.807) is 17.8 Å². The molecule has 1 fully saturated rings. The summed E-state index contributed by atoms with van der Waals surface area (Å²) in [5.74, 6) is -0.161. The van der Waals surface area contributed by atoms with Crippen molar-refractivity contribution in [2.24, 2.45) is 12.8 Å². The van der Waals surface area contributed by atoms with Crippen LogP contribution in [0.3, 0.4) is 0 Å². The minimum Gasteiger partial charge on any atom is -0.493 e. The number of hydrogen-bond acceptors (Lipinski definition) is 6. The van der Waals surface area contributed by atoms with Gasteiger partial charge in [-0.1, -0.05) is 24.3 Å². The van der Waals surface area contributed by atoms with Gasteiger partial charge < -0.3 is 25.5 Å². The fourth-order valence-corrected chi connectivity index (χ4v) is 3.82. The Labute approximate surface area is 180 Å². The average Bonchev–Trinajstić information content (AvgIpc) is 3.07. The van der Waals surface area contributed by atoms with Crippen LogP contribution in [-0.4, -0.2) is 45.4 Å². The topological polar surface area (TPSA) is 126 Å².